The Balaban J connectivity index is 1.87. The third-order valence-electron chi connectivity index (χ3n) is 4.77. The summed E-state index contributed by atoms with van der Waals surface area (Å²) < 4.78 is 0. The SMILES string of the molecule is CC1(C)CCC=C(CC(=O)CC2=CCCC(C)(C)C2)C1. The van der Waals surface area contributed by atoms with Crippen molar-refractivity contribution >= 4 is 5.78 Å². The fraction of sp³-hybridized carbons (Fsp3) is 0.737. The Morgan fingerprint density at radius 3 is 1.65 bits per heavy atom. The topological polar surface area (TPSA) is 17.1 Å². The van der Waals surface area contributed by atoms with E-state index in [4.69, 9.17) is 0 Å². The summed E-state index contributed by atoms with van der Waals surface area (Å²) in [6, 6.07) is 0. The van der Waals surface area contributed by atoms with Gasteiger partial charge in [0.25, 0.3) is 0 Å². The molecule has 1 nitrogen and oxygen atoms in total. The van der Waals surface area contributed by atoms with Crippen molar-refractivity contribution in [2.75, 3.05) is 0 Å². The first-order chi connectivity index (χ1) is 9.26. The van der Waals surface area contributed by atoms with Gasteiger partial charge in [0.05, 0.1) is 0 Å². The minimum absolute atomic E-state index is 0.385. The minimum atomic E-state index is 0.385. The second-order valence-corrected chi connectivity index (χ2v) is 8.38. The van der Waals surface area contributed by atoms with Gasteiger partial charge in [0.2, 0.25) is 0 Å². The third-order valence-corrected chi connectivity index (χ3v) is 4.77. The summed E-state index contributed by atoms with van der Waals surface area (Å²) in [7, 11) is 0. The molecule has 0 N–H and O–H groups in total. The maximum Gasteiger partial charge on any atom is 0.140 e. The van der Waals surface area contributed by atoms with Crippen LogP contribution in [0.1, 0.15) is 79.1 Å². The summed E-state index contributed by atoms with van der Waals surface area (Å²) in [4.78, 5) is 12.3. The third kappa shape index (κ3) is 4.61. The van der Waals surface area contributed by atoms with Crippen LogP contribution in [0.4, 0.5) is 0 Å². The predicted octanol–water partition coefficient (Wildman–Crippen LogP) is 5.61. The molecule has 0 heterocycles. The van der Waals surface area contributed by atoms with Crippen molar-refractivity contribution in [2.24, 2.45) is 10.8 Å². The molecule has 0 fully saturated rings. The first-order valence-corrected chi connectivity index (χ1v) is 8.13. The molecule has 2 rings (SSSR count). The fourth-order valence-electron chi connectivity index (χ4n) is 3.72. The standard InChI is InChI=1S/C19H30O/c1-18(2)9-5-7-15(13-18)11-17(20)12-16-8-6-10-19(3,4)14-16/h7-8H,5-6,9-14H2,1-4H3. The van der Waals surface area contributed by atoms with Crippen molar-refractivity contribution in [3.05, 3.63) is 23.3 Å². The van der Waals surface area contributed by atoms with Gasteiger partial charge in [-0.15, -0.1) is 0 Å². The number of hydrogen-bond acceptors (Lipinski definition) is 1. The van der Waals surface area contributed by atoms with Crippen LogP contribution in [0.25, 0.3) is 0 Å². The summed E-state index contributed by atoms with van der Waals surface area (Å²) in [6.07, 6.45) is 13.0. The van der Waals surface area contributed by atoms with Crippen LogP contribution in [0.15, 0.2) is 23.3 Å². The molecule has 0 unspecified atom stereocenters. The van der Waals surface area contributed by atoms with Crippen LogP contribution in [-0.2, 0) is 4.79 Å². The van der Waals surface area contributed by atoms with E-state index in [9.17, 15) is 4.79 Å². The van der Waals surface area contributed by atoms with E-state index in [1.807, 2.05) is 0 Å². The molecule has 2 aliphatic carbocycles. The van der Waals surface area contributed by atoms with E-state index in [-0.39, 0.29) is 0 Å². The summed E-state index contributed by atoms with van der Waals surface area (Å²) >= 11 is 0. The lowest BCUT2D eigenvalue weighted by atomic mass is 9.74. The van der Waals surface area contributed by atoms with Crippen molar-refractivity contribution in [2.45, 2.75) is 79.1 Å². The Kier molecular flexibility index (Phi) is 4.56. The molecular weight excluding hydrogens is 244 g/mol. The Labute approximate surface area is 124 Å². The van der Waals surface area contributed by atoms with E-state index < -0.39 is 0 Å². The molecule has 1 heteroatoms. The van der Waals surface area contributed by atoms with Crippen molar-refractivity contribution in [1.82, 2.24) is 0 Å². The fourth-order valence-corrected chi connectivity index (χ4v) is 3.72. The number of rotatable bonds is 4. The molecule has 0 aliphatic heterocycles. The minimum Gasteiger partial charge on any atom is -0.299 e. The molecule has 0 spiro atoms. The second-order valence-electron chi connectivity index (χ2n) is 8.38. The van der Waals surface area contributed by atoms with Gasteiger partial charge in [-0.1, -0.05) is 51.0 Å². The number of hydrogen-bond donors (Lipinski definition) is 0. The molecule has 112 valence electrons. The van der Waals surface area contributed by atoms with E-state index >= 15 is 0 Å². The van der Waals surface area contributed by atoms with Gasteiger partial charge < -0.3 is 0 Å². The van der Waals surface area contributed by atoms with Gasteiger partial charge in [-0.25, -0.2) is 0 Å². The van der Waals surface area contributed by atoms with Crippen molar-refractivity contribution in [3.63, 3.8) is 0 Å². The zero-order valence-corrected chi connectivity index (χ0v) is 13.7. The molecular formula is C19H30O. The first-order valence-electron chi connectivity index (χ1n) is 8.13. The number of carbonyl (C=O) groups is 1. The van der Waals surface area contributed by atoms with Crippen LogP contribution in [0.5, 0.6) is 0 Å². The van der Waals surface area contributed by atoms with Crippen LogP contribution in [0.3, 0.4) is 0 Å². The quantitative estimate of drug-likeness (QED) is 0.609. The van der Waals surface area contributed by atoms with Crippen molar-refractivity contribution in [1.29, 1.82) is 0 Å². The highest BCUT2D eigenvalue weighted by Gasteiger charge is 2.26. The predicted molar refractivity (Wildman–Crippen MR) is 85.7 cm³/mol. The molecule has 0 bridgehead atoms. The lowest BCUT2D eigenvalue weighted by Crippen LogP contribution is -2.19. The van der Waals surface area contributed by atoms with Crippen molar-refractivity contribution in [3.8, 4) is 0 Å². The Morgan fingerprint density at radius 1 is 0.900 bits per heavy atom. The Hall–Kier alpha value is -0.850. The zero-order chi connectivity index (χ0) is 14.8. The smallest absolute Gasteiger partial charge is 0.140 e. The maximum absolute atomic E-state index is 12.3. The monoisotopic (exact) mass is 274 g/mol. The van der Waals surface area contributed by atoms with E-state index in [0.717, 1.165) is 25.7 Å². The van der Waals surface area contributed by atoms with Gasteiger partial charge in [0.1, 0.15) is 5.78 Å². The van der Waals surface area contributed by atoms with Crippen LogP contribution in [0.2, 0.25) is 0 Å². The van der Waals surface area contributed by atoms with Crippen LogP contribution < -0.4 is 0 Å². The molecule has 0 aromatic carbocycles. The molecule has 0 saturated carbocycles. The van der Waals surface area contributed by atoms with E-state index in [0.29, 0.717) is 29.5 Å². The molecule has 20 heavy (non-hydrogen) atoms. The van der Waals surface area contributed by atoms with Crippen LogP contribution >= 0.6 is 0 Å². The summed E-state index contributed by atoms with van der Waals surface area (Å²) in [5.74, 6) is 0.415. The van der Waals surface area contributed by atoms with Crippen molar-refractivity contribution < 1.29 is 4.79 Å². The van der Waals surface area contributed by atoms with E-state index in [1.165, 1.54) is 24.0 Å². The maximum atomic E-state index is 12.3. The normalized spacial score (nSPS) is 24.8. The zero-order valence-electron chi connectivity index (χ0n) is 13.7. The molecule has 0 saturated heterocycles. The lowest BCUT2D eigenvalue weighted by Gasteiger charge is -2.31. The van der Waals surface area contributed by atoms with E-state index in [1.54, 1.807) is 0 Å². The van der Waals surface area contributed by atoms with Gasteiger partial charge in [0.15, 0.2) is 0 Å². The number of allylic oxidation sites excluding steroid dienone is 4. The highest BCUT2D eigenvalue weighted by molar-refractivity contribution is 5.83. The molecule has 0 radical (unpaired) electrons. The van der Waals surface area contributed by atoms with Gasteiger partial charge >= 0.3 is 0 Å². The largest absolute Gasteiger partial charge is 0.299 e. The summed E-state index contributed by atoms with van der Waals surface area (Å²) in [6.45, 7) is 9.26. The number of carbonyl (C=O) groups excluding carboxylic acids is 1. The molecule has 0 atom stereocenters. The van der Waals surface area contributed by atoms with Gasteiger partial charge in [-0.05, 0) is 49.4 Å². The Bertz CT molecular complexity index is 395. The molecule has 0 amide bonds. The van der Waals surface area contributed by atoms with Gasteiger partial charge in [-0.2, -0.15) is 0 Å². The van der Waals surface area contributed by atoms with Crippen LogP contribution in [0, 0.1) is 10.8 Å². The second kappa shape index (κ2) is 5.87. The van der Waals surface area contributed by atoms with Gasteiger partial charge in [0, 0.05) is 12.8 Å². The number of ketones is 1. The highest BCUT2D eigenvalue weighted by atomic mass is 16.1. The Morgan fingerprint density at radius 2 is 1.30 bits per heavy atom. The average Bonchev–Trinajstić information content (AvgIpc) is 2.25. The molecule has 0 aromatic rings. The first kappa shape index (κ1) is 15.5. The summed E-state index contributed by atoms with van der Waals surface area (Å²) in [5, 5.41) is 0. The average molecular weight is 274 g/mol. The molecule has 0 aromatic heterocycles. The van der Waals surface area contributed by atoms with E-state index in [2.05, 4.69) is 39.8 Å². The number of Topliss-reactive ketones (excluding diaryl/α,β-unsaturated/α-hetero) is 1. The molecule has 2 aliphatic rings. The van der Waals surface area contributed by atoms with Gasteiger partial charge in [-0.3, -0.25) is 4.79 Å². The summed E-state index contributed by atoms with van der Waals surface area (Å²) in [5.41, 5.74) is 3.52. The highest BCUT2D eigenvalue weighted by Crippen LogP contribution is 2.38. The lowest BCUT2D eigenvalue weighted by molar-refractivity contribution is -0.117. The van der Waals surface area contributed by atoms with Crippen LogP contribution in [-0.4, -0.2) is 5.78 Å².